The van der Waals surface area contributed by atoms with Crippen LogP contribution >= 0.6 is 0 Å². The highest BCUT2D eigenvalue weighted by Crippen LogP contribution is 2.31. The average molecular weight is 304 g/mol. The van der Waals surface area contributed by atoms with Gasteiger partial charge in [-0.1, -0.05) is 25.1 Å². The van der Waals surface area contributed by atoms with Crippen LogP contribution in [0.15, 0.2) is 18.2 Å². The Hall–Kier alpha value is -1.10. The van der Waals surface area contributed by atoms with Gasteiger partial charge in [-0.15, -0.1) is 0 Å². The van der Waals surface area contributed by atoms with Crippen molar-refractivity contribution in [3.8, 4) is 0 Å². The van der Waals surface area contributed by atoms with Gasteiger partial charge in [0, 0.05) is 38.4 Å². The molecule has 1 saturated heterocycles. The molecule has 1 unspecified atom stereocenters. The molecule has 1 atom stereocenters. The predicted molar refractivity (Wildman–Crippen MR) is 89.6 cm³/mol. The maximum atomic E-state index is 10.5. The van der Waals surface area contributed by atoms with Crippen molar-refractivity contribution in [2.75, 3.05) is 50.8 Å². The standard InChI is InChI=1S/C18H28N2O2/c1-2-15-5-3-6-16-7-4-8-20(18(15)16)14-17(21)13-19-9-11-22-12-10-19/h3,5-6,17,21H,2,4,7-14H2,1H3. The van der Waals surface area contributed by atoms with Crippen LogP contribution in [-0.4, -0.2) is 62.0 Å². The topological polar surface area (TPSA) is 35.9 Å². The van der Waals surface area contributed by atoms with Crippen molar-refractivity contribution >= 4 is 5.69 Å². The van der Waals surface area contributed by atoms with Gasteiger partial charge < -0.3 is 14.7 Å². The van der Waals surface area contributed by atoms with Gasteiger partial charge >= 0.3 is 0 Å². The zero-order valence-corrected chi connectivity index (χ0v) is 13.6. The first-order chi connectivity index (χ1) is 10.8. The van der Waals surface area contributed by atoms with E-state index in [2.05, 4.69) is 34.9 Å². The van der Waals surface area contributed by atoms with E-state index in [1.807, 2.05) is 0 Å². The van der Waals surface area contributed by atoms with Gasteiger partial charge in [-0.2, -0.15) is 0 Å². The highest BCUT2D eigenvalue weighted by atomic mass is 16.5. The van der Waals surface area contributed by atoms with E-state index in [9.17, 15) is 5.11 Å². The summed E-state index contributed by atoms with van der Waals surface area (Å²) < 4.78 is 5.37. The fourth-order valence-corrected chi connectivity index (χ4v) is 3.69. The third-order valence-corrected chi connectivity index (χ3v) is 4.78. The summed E-state index contributed by atoms with van der Waals surface area (Å²) in [5, 5.41) is 10.5. The number of para-hydroxylation sites is 1. The van der Waals surface area contributed by atoms with Gasteiger partial charge in [0.15, 0.2) is 0 Å². The van der Waals surface area contributed by atoms with E-state index in [0.29, 0.717) is 0 Å². The summed E-state index contributed by atoms with van der Waals surface area (Å²) in [5.41, 5.74) is 4.25. The lowest BCUT2D eigenvalue weighted by atomic mass is 9.96. The van der Waals surface area contributed by atoms with Crippen LogP contribution in [0.4, 0.5) is 5.69 Å². The quantitative estimate of drug-likeness (QED) is 0.898. The van der Waals surface area contributed by atoms with Crippen molar-refractivity contribution < 1.29 is 9.84 Å². The molecule has 0 aromatic heterocycles. The molecule has 22 heavy (non-hydrogen) atoms. The van der Waals surface area contributed by atoms with Crippen LogP contribution in [0.25, 0.3) is 0 Å². The Balaban J connectivity index is 1.66. The number of aryl methyl sites for hydroxylation is 2. The van der Waals surface area contributed by atoms with Crippen LogP contribution in [0, 0.1) is 0 Å². The predicted octanol–water partition coefficient (Wildman–Crippen LogP) is 1.69. The molecule has 1 fully saturated rings. The van der Waals surface area contributed by atoms with Crippen molar-refractivity contribution in [2.24, 2.45) is 0 Å². The SMILES string of the molecule is CCc1cccc2c1N(CC(O)CN1CCOCC1)CCC2. The monoisotopic (exact) mass is 304 g/mol. The number of hydrogen-bond acceptors (Lipinski definition) is 4. The van der Waals surface area contributed by atoms with Crippen LogP contribution < -0.4 is 4.90 Å². The van der Waals surface area contributed by atoms with E-state index in [4.69, 9.17) is 4.74 Å². The lowest BCUT2D eigenvalue weighted by molar-refractivity contribution is 0.0160. The van der Waals surface area contributed by atoms with Crippen LogP contribution in [0.5, 0.6) is 0 Å². The molecule has 4 nitrogen and oxygen atoms in total. The number of β-amino-alcohol motifs (C(OH)–C–C–N with tert-alkyl or cyclic N) is 1. The normalized spacial score (nSPS) is 20.7. The molecule has 1 N–H and O–H groups in total. The lowest BCUT2D eigenvalue weighted by Crippen LogP contribution is -2.45. The molecule has 1 aromatic rings. The Labute approximate surface area is 133 Å². The Morgan fingerprint density at radius 2 is 2.00 bits per heavy atom. The van der Waals surface area contributed by atoms with E-state index in [-0.39, 0.29) is 6.10 Å². The van der Waals surface area contributed by atoms with E-state index >= 15 is 0 Å². The Morgan fingerprint density at radius 1 is 1.18 bits per heavy atom. The number of ether oxygens (including phenoxy) is 1. The van der Waals surface area contributed by atoms with Crippen LogP contribution in [-0.2, 0) is 17.6 Å². The minimum atomic E-state index is -0.297. The molecule has 0 radical (unpaired) electrons. The smallest absolute Gasteiger partial charge is 0.0841 e. The minimum Gasteiger partial charge on any atom is -0.390 e. The minimum absolute atomic E-state index is 0.297. The molecule has 0 saturated carbocycles. The molecule has 0 bridgehead atoms. The lowest BCUT2D eigenvalue weighted by Gasteiger charge is -2.36. The highest BCUT2D eigenvalue weighted by molar-refractivity contribution is 5.61. The zero-order chi connectivity index (χ0) is 15.4. The molecule has 1 aromatic carbocycles. The molecule has 122 valence electrons. The van der Waals surface area contributed by atoms with Gasteiger partial charge in [0.25, 0.3) is 0 Å². The number of fused-ring (bicyclic) bond motifs is 1. The summed E-state index contributed by atoms with van der Waals surface area (Å²) in [6.07, 6.45) is 3.11. The number of hydrogen-bond donors (Lipinski definition) is 1. The van der Waals surface area contributed by atoms with Crippen molar-refractivity contribution in [1.82, 2.24) is 4.90 Å². The summed E-state index contributed by atoms with van der Waals surface area (Å²) in [5.74, 6) is 0. The van der Waals surface area contributed by atoms with Crippen LogP contribution in [0.3, 0.4) is 0 Å². The molecule has 0 amide bonds. The van der Waals surface area contributed by atoms with E-state index in [0.717, 1.165) is 52.4 Å². The van der Waals surface area contributed by atoms with Gasteiger partial charge in [-0.05, 0) is 30.4 Å². The zero-order valence-electron chi connectivity index (χ0n) is 13.6. The second-order valence-electron chi connectivity index (χ2n) is 6.39. The van der Waals surface area contributed by atoms with Gasteiger partial charge in [0.2, 0.25) is 0 Å². The van der Waals surface area contributed by atoms with Crippen LogP contribution in [0.1, 0.15) is 24.5 Å². The number of anilines is 1. The third-order valence-electron chi connectivity index (χ3n) is 4.78. The van der Waals surface area contributed by atoms with Gasteiger partial charge in [-0.3, -0.25) is 4.90 Å². The molecule has 4 heteroatoms. The van der Waals surface area contributed by atoms with Crippen molar-refractivity contribution in [1.29, 1.82) is 0 Å². The van der Waals surface area contributed by atoms with Gasteiger partial charge in [0.1, 0.15) is 0 Å². The van der Waals surface area contributed by atoms with E-state index < -0.39 is 0 Å². The molecule has 2 aliphatic rings. The van der Waals surface area contributed by atoms with Crippen molar-refractivity contribution in [3.05, 3.63) is 29.3 Å². The maximum absolute atomic E-state index is 10.5. The van der Waals surface area contributed by atoms with E-state index in [1.165, 1.54) is 29.7 Å². The number of rotatable bonds is 5. The Morgan fingerprint density at radius 3 is 2.77 bits per heavy atom. The summed E-state index contributed by atoms with van der Waals surface area (Å²) >= 11 is 0. The highest BCUT2D eigenvalue weighted by Gasteiger charge is 2.23. The Kier molecular flexibility index (Phi) is 5.34. The van der Waals surface area contributed by atoms with Crippen LogP contribution in [0.2, 0.25) is 0 Å². The third kappa shape index (κ3) is 3.62. The largest absolute Gasteiger partial charge is 0.390 e. The first kappa shape index (κ1) is 15.8. The number of nitrogens with zero attached hydrogens (tertiary/aromatic N) is 2. The fraction of sp³-hybridized carbons (Fsp3) is 0.667. The summed E-state index contributed by atoms with van der Waals surface area (Å²) in [7, 11) is 0. The summed E-state index contributed by atoms with van der Waals surface area (Å²) in [6.45, 7) is 8.22. The molecule has 0 spiro atoms. The fourth-order valence-electron chi connectivity index (χ4n) is 3.69. The molecular weight excluding hydrogens is 276 g/mol. The number of benzene rings is 1. The van der Waals surface area contributed by atoms with Gasteiger partial charge in [-0.25, -0.2) is 0 Å². The Bertz CT molecular complexity index is 472. The first-order valence-corrected chi connectivity index (χ1v) is 8.62. The van der Waals surface area contributed by atoms with Gasteiger partial charge in [0.05, 0.1) is 19.3 Å². The average Bonchev–Trinajstić information content (AvgIpc) is 2.55. The molecule has 2 heterocycles. The number of morpholine rings is 1. The number of aliphatic hydroxyl groups is 1. The van der Waals surface area contributed by atoms with E-state index in [1.54, 1.807) is 0 Å². The summed E-state index contributed by atoms with van der Waals surface area (Å²) in [4.78, 5) is 4.72. The van der Waals surface area contributed by atoms with Crippen molar-refractivity contribution in [3.63, 3.8) is 0 Å². The number of aliphatic hydroxyl groups excluding tert-OH is 1. The molecular formula is C18H28N2O2. The second kappa shape index (κ2) is 7.44. The molecule has 2 aliphatic heterocycles. The van der Waals surface area contributed by atoms with Crippen molar-refractivity contribution in [2.45, 2.75) is 32.3 Å². The maximum Gasteiger partial charge on any atom is 0.0841 e. The first-order valence-electron chi connectivity index (χ1n) is 8.62. The second-order valence-corrected chi connectivity index (χ2v) is 6.39. The molecule has 0 aliphatic carbocycles. The summed E-state index contributed by atoms with van der Waals surface area (Å²) in [6, 6.07) is 6.64. The molecule has 3 rings (SSSR count).